The van der Waals surface area contributed by atoms with Gasteiger partial charge in [-0.3, -0.25) is 9.59 Å². The van der Waals surface area contributed by atoms with Crippen molar-refractivity contribution in [1.29, 1.82) is 0 Å². The van der Waals surface area contributed by atoms with Gasteiger partial charge in [0, 0.05) is 0 Å². The van der Waals surface area contributed by atoms with E-state index in [4.69, 9.17) is 9.47 Å². The molecule has 3 aromatic rings. The minimum Gasteiger partial charge on any atom is -0.469 e. The summed E-state index contributed by atoms with van der Waals surface area (Å²) in [4.78, 5) is 27.0. The zero-order valence-electron chi connectivity index (χ0n) is 18.5. The largest absolute Gasteiger partial charge is 0.469 e. The van der Waals surface area contributed by atoms with Crippen LogP contribution in [-0.2, 0) is 29.4 Å². The summed E-state index contributed by atoms with van der Waals surface area (Å²) >= 11 is 0. The Balaban J connectivity index is 1.91. The molecule has 0 saturated carbocycles. The average molecular weight is 456 g/mol. The van der Waals surface area contributed by atoms with Gasteiger partial charge >= 0.3 is 11.9 Å². The first kappa shape index (κ1) is 21.6. The number of hydrogen-bond donors (Lipinski definition) is 0. The lowest BCUT2D eigenvalue weighted by Crippen LogP contribution is -2.45. The van der Waals surface area contributed by atoms with Gasteiger partial charge in [-0.2, -0.15) is 0 Å². The molecule has 2 bridgehead atoms. The number of fused-ring (bicyclic) bond motifs is 2. The second-order valence-electron chi connectivity index (χ2n) is 8.39. The van der Waals surface area contributed by atoms with E-state index >= 15 is 0 Å². The quantitative estimate of drug-likeness (QED) is 0.316. The van der Waals surface area contributed by atoms with Gasteiger partial charge in [-0.1, -0.05) is 103 Å². The first-order valence-corrected chi connectivity index (χ1v) is 12.3. The molecule has 3 aromatic carbocycles. The number of rotatable bonds is 5. The maximum atomic E-state index is 13.5. The Morgan fingerprint density at radius 2 is 1.00 bits per heavy atom. The van der Waals surface area contributed by atoms with Crippen LogP contribution in [0.1, 0.15) is 11.1 Å². The summed E-state index contributed by atoms with van der Waals surface area (Å²) in [6.45, 7) is 0. The Labute approximate surface area is 195 Å². The van der Waals surface area contributed by atoms with Crippen molar-refractivity contribution in [2.45, 2.75) is 10.3 Å². The highest BCUT2D eigenvalue weighted by atomic mass is 31.1. The van der Waals surface area contributed by atoms with E-state index in [0.29, 0.717) is 0 Å². The molecule has 1 fully saturated rings. The summed E-state index contributed by atoms with van der Waals surface area (Å²) in [5, 5.41) is -0.287. The molecule has 5 heteroatoms. The fourth-order valence-corrected chi connectivity index (χ4v) is 10.1. The number of hydrogen-bond acceptors (Lipinski definition) is 4. The van der Waals surface area contributed by atoms with E-state index in [2.05, 4.69) is 48.6 Å². The van der Waals surface area contributed by atoms with E-state index in [1.165, 1.54) is 14.2 Å². The van der Waals surface area contributed by atoms with E-state index < -0.39 is 30.1 Å². The van der Waals surface area contributed by atoms with Gasteiger partial charge in [0.05, 0.1) is 36.4 Å². The highest BCUT2D eigenvalue weighted by Gasteiger charge is 2.74. The molecule has 2 aliphatic heterocycles. The molecule has 0 N–H and O–H groups in total. The fraction of sp³-hybridized carbons (Fsp3) is 0.214. The predicted molar refractivity (Wildman–Crippen MR) is 129 cm³/mol. The van der Waals surface area contributed by atoms with Crippen molar-refractivity contribution >= 4 is 25.2 Å². The van der Waals surface area contributed by atoms with Crippen LogP contribution in [0.4, 0.5) is 0 Å². The topological polar surface area (TPSA) is 52.6 Å². The summed E-state index contributed by atoms with van der Waals surface area (Å²) < 4.78 is 10.7. The summed E-state index contributed by atoms with van der Waals surface area (Å²) in [7, 11) is 1.65. The molecule has 0 radical (unpaired) electrons. The fourth-order valence-electron chi connectivity index (χ4n) is 5.81. The highest BCUT2D eigenvalue weighted by molar-refractivity contribution is 7.69. The molecule has 0 amide bonds. The lowest BCUT2D eigenvalue weighted by atomic mass is 9.66. The first-order valence-electron chi connectivity index (χ1n) is 10.9. The van der Waals surface area contributed by atoms with Crippen LogP contribution in [0.25, 0.3) is 0 Å². The van der Waals surface area contributed by atoms with Crippen molar-refractivity contribution < 1.29 is 19.1 Å². The Hall–Kier alpha value is -3.23. The zero-order valence-corrected chi connectivity index (χ0v) is 19.4. The molecular weight excluding hydrogens is 431 g/mol. The van der Waals surface area contributed by atoms with Gasteiger partial charge in [0.2, 0.25) is 0 Å². The van der Waals surface area contributed by atoms with E-state index in [-0.39, 0.29) is 11.9 Å². The molecule has 1 saturated heterocycles. The Morgan fingerprint density at radius 3 is 1.36 bits per heavy atom. The van der Waals surface area contributed by atoms with Crippen molar-refractivity contribution in [3.05, 3.63) is 114 Å². The number of carbonyl (C=O) groups excluding carboxylic acids is 2. The molecular formula is C28H25O4P. The minimum absolute atomic E-state index is 0.389. The van der Waals surface area contributed by atoms with Crippen LogP contribution >= 0.6 is 7.92 Å². The molecule has 0 spiro atoms. The van der Waals surface area contributed by atoms with Crippen LogP contribution in [-0.4, -0.2) is 26.2 Å². The smallest absolute Gasteiger partial charge is 0.311 e. The number of allylic oxidation sites excluding steroid dienone is 2. The average Bonchev–Trinajstić information content (AvgIpc) is 3.38. The lowest BCUT2D eigenvalue weighted by molar-refractivity contribution is -0.159. The Morgan fingerprint density at radius 1 is 0.636 bits per heavy atom. The molecule has 33 heavy (non-hydrogen) atoms. The third-order valence-corrected chi connectivity index (χ3v) is 10.7. The monoisotopic (exact) mass is 456 g/mol. The molecule has 1 unspecified atom stereocenters. The number of ether oxygens (including phenoxy) is 2. The van der Waals surface area contributed by atoms with E-state index in [0.717, 1.165) is 16.4 Å². The number of esters is 2. The maximum Gasteiger partial charge on any atom is 0.311 e. The third-order valence-electron chi connectivity index (χ3n) is 7.01. The van der Waals surface area contributed by atoms with Gasteiger partial charge in [0.15, 0.2) is 0 Å². The molecule has 0 aromatic heterocycles. The molecule has 2 aliphatic rings. The molecule has 0 aliphatic carbocycles. The second-order valence-corrected chi connectivity index (χ2v) is 11.1. The Kier molecular flexibility index (Phi) is 5.42. The van der Waals surface area contributed by atoms with E-state index in [1.807, 2.05) is 54.6 Å². The van der Waals surface area contributed by atoms with Crippen LogP contribution in [0.15, 0.2) is 103 Å². The van der Waals surface area contributed by atoms with Gasteiger partial charge in [-0.15, -0.1) is 0 Å². The number of benzene rings is 3. The summed E-state index contributed by atoms with van der Waals surface area (Å²) in [6, 6.07) is 30.3. The normalized spacial score (nSPS) is 29.6. The molecule has 5 atom stereocenters. The van der Waals surface area contributed by atoms with Gasteiger partial charge in [-0.25, -0.2) is 0 Å². The second kappa shape index (κ2) is 8.28. The molecule has 2 heterocycles. The van der Waals surface area contributed by atoms with Gasteiger partial charge in [0.25, 0.3) is 0 Å². The van der Waals surface area contributed by atoms with Crippen molar-refractivity contribution in [3.63, 3.8) is 0 Å². The molecule has 4 nitrogen and oxygen atoms in total. The SMILES string of the molecule is COC(=O)[C@@H]1[C@H](C(=O)OC)[C@]2(c3ccccc3)C=C[C@@]1(c1ccccc1)P2c1ccccc1. The zero-order chi connectivity index (χ0) is 23.1. The third kappa shape index (κ3) is 2.94. The van der Waals surface area contributed by atoms with Crippen LogP contribution in [0, 0.1) is 11.8 Å². The van der Waals surface area contributed by atoms with Crippen LogP contribution < -0.4 is 5.30 Å². The van der Waals surface area contributed by atoms with Crippen LogP contribution in [0.3, 0.4) is 0 Å². The number of carbonyl (C=O) groups is 2. The molecule has 166 valence electrons. The minimum atomic E-state index is -1.14. The Bertz CT molecular complexity index is 1120. The van der Waals surface area contributed by atoms with Crippen molar-refractivity contribution in [1.82, 2.24) is 0 Å². The van der Waals surface area contributed by atoms with Gasteiger partial charge in [-0.05, 0) is 24.4 Å². The van der Waals surface area contributed by atoms with E-state index in [9.17, 15) is 9.59 Å². The summed E-state index contributed by atoms with van der Waals surface area (Å²) in [5.41, 5.74) is 2.02. The van der Waals surface area contributed by atoms with Gasteiger partial charge < -0.3 is 9.47 Å². The predicted octanol–water partition coefficient (Wildman–Crippen LogP) is 4.75. The molecule has 5 rings (SSSR count). The van der Waals surface area contributed by atoms with Crippen LogP contribution in [0.5, 0.6) is 0 Å². The lowest BCUT2D eigenvalue weighted by Gasteiger charge is -2.38. The van der Waals surface area contributed by atoms with Crippen LogP contribution in [0.2, 0.25) is 0 Å². The summed E-state index contributed by atoms with van der Waals surface area (Å²) in [5.74, 6) is -2.21. The van der Waals surface area contributed by atoms with Crippen molar-refractivity contribution in [3.8, 4) is 0 Å². The standard InChI is InChI=1S/C28H25O4P/c1-31-25(29)23-24(26(30)32-2)28(21-14-8-4-9-15-21)19-18-27(23,20-12-6-3-7-13-20)33(28)22-16-10-5-11-17-22/h3-19,23-24H,1-2H3/t23-,24+,27-,28+,33?. The van der Waals surface area contributed by atoms with Crippen molar-refractivity contribution in [2.24, 2.45) is 11.8 Å². The number of methoxy groups -OCH3 is 2. The summed E-state index contributed by atoms with van der Waals surface area (Å²) in [6.07, 6.45) is 4.32. The van der Waals surface area contributed by atoms with Crippen molar-refractivity contribution in [2.75, 3.05) is 14.2 Å². The van der Waals surface area contributed by atoms with Gasteiger partial charge in [0.1, 0.15) is 0 Å². The van der Waals surface area contributed by atoms with E-state index in [1.54, 1.807) is 0 Å². The maximum absolute atomic E-state index is 13.5. The first-order chi connectivity index (χ1) is 16.1. The highest BCUT2D eigenvalue weighted by Crippen LogP contribution is 2.84.